The number of carbonyl (C=O) groups excluding carboxylic acids is 3. The van der Waals surface area contributed by atoms with Crippen molar-refractivity contribution >= 4 is 36.0 Å². The van der Waals surface area contributed by atoms with Crippen LogP contribution in [0.4, 0.5) is 4.79 Å². The molecule has 0 aromatic heterocycles. The van der Waals surface area contributed by atoms with Gasteiger partial charge in [0.2, 0.25) is 18.6 Å². The third kappa shape index (κ3) is 3.54. The Morgan fingerprint density at radius 3 is 3.04 bits per heavy atom. The first-order chi connectivity index (χ1) is 13.6. The zero-order valence-electron chi connectivity index (χ0n) is 14.7. The monoisotopic (exact) mass is 380 g/mol. The largest absolute Gasteiger partial charge is 0.454 e. The maximum absolute atomic E-state index is 12.4. The molecule has 0 saturated carbocycles. The van der Waals surface area contributed by atoms with Crippen LogP contribution in [0.2, 0.25) is 0 Å². The number of hydrogen-bond acceptors (Lipinski definition) is 6. The van der Waals surface area contributed by atoms with Crippen LogP contribution in [0.1, 0.15) is 5.56 Å². The van der Waals surface area contributed by atoms with Crippen LogP contribution in [0, 0.1) is 5.92 Å². The number of allylic oxidation sites excluding steroid dienone is 1. The molecule has 9 nitrogen and oxygen atoms in total. The standard InChI is InChI=1S/C19H16N4O5/c24-16(6-4-12-3-5-14-15(10-12)28-11-27-14)20-8-9-23-18(25)13-2-1-7-21-17(13)22-19(23)26/h1-7,10,13H,8-9,11H2,(H,20,24)/b6-4+. The van der Waals surface area contributed by atoms with Crippen LogP contribution in [-0.2, 0) is 9.59 Å². The molecular weight excluding hydrogens is 364 g/mol. The van der Waals surface area contributed by atoms with Crippen molar-refractivity contribution in [3.63, 3.8) is 0 Å². The molecule has 3 aliphatic rings. The van der Waals surface area contributed by atoms with Gasteiger partial charge in [0.25, 0.3) is 0 Å². The maximum Gasteiger partial charge on any atom is 0.352 e. The van der Waals surface area contributed by atoms with Gasteiger partial charge in [-0.3, -0.25) is 14.5 Å². The molecule has 4 rings (SSSR count). The molecule has 1 unspecified atom stereocenters. The van der Waals surface area contributed by atoms with Crippen molar-refractivity contribution in [3.05, 3.63) is 42.0 Å². The van der Waals surface area contributed by atoms with Crippen LogP contribution in [0.25, 0.3) is 6.08 Å². The molecule has 3 heterocycles. The predicted molar refractivity (Wildman–Crippen MR) is 100 cm³/mol. The number of aliphatic imine (C=N–C) groups is 2. The smallest absolute Gasteiger partial charge is 0.352 e. The number of dihydropyridines is 1. The summed E-state index contributed by atoms with van der Waals surface area (Å²) in [5.74, 6) is 0.107. The van der Waals surface area contributed by atoms with Crippen molar-refractivity contribution in [2.45, 2.75) is 0 Å². The summed E-state index contributed by atoms with van der Waals surface area (Å²) in [5, 5.41) is 2.64. The van der Waals surface area contributed by atoms with E-state index in [1.165, 1.54) is 12.3 Å². The molecule has 1 aromatic carbocycles. The van der Waals surface area contributed by atoms with Gasteiger partial charge in [0.1, 0.15) is 11.8 Å². The minimum atomic E-state index is -0.672. The summed E-state index contributed by atoms with van der Waals surface area (Å²) in [7, 11) is 0. The predicted octanol–water partition coefficient (Wildman–Crippen LogP) is 1.16. The zero-order valence-corrected chi connectivity index (χ0v) is 14.7. The van der Waals surface area contributed by atoms with Crippen molar-refractivity contribution < 1.29 is 23.9 Å². The Morgan fingerprint density at radius 1 is 1.29 bits per heavy atom. The number of amides is 4. The second-order valence-corrected chi connectivity index (χ2v) is 6.12. The number of fused-ring (bicyclic) bond motifs is 2. The normalized spacial score (nSPS) is 19.8. The fourth-order valence-electron chi connectivity index (χ4n) is 2.90. The fourth-order valence-corrected chi connectivity index (χ4v) is 2.90. The summed E-state index contributed by atoms with van der Waals surface area (Å²) in [6, 6.07) is 4.67. The highest BCUT2D eigenvalue weighted by Gasteiger charge is 2.36. The molecule has 1 atom stereocenters. The summed E-state index contributed by atoms with van der Waals surface area (Å²) in [5.41, 5.74) is 0.785. The van der Waals surface area contributed by atoms with E-state index in [1.54, 1.807) is 36.4 Å². The molecule has 0 spiro atoms. The topological polar surface area (TPSA) is 110 Å². The highest BCUT2D eigenvalue weighted by atomic mass is 16.7. The molecule has 28 heavy (non-hydrogen) atoms. The fraction of sp³-hybridized carbons (Fsp3) is 0.211. The molecule has 0 aliphatic carbocycles. The van der Waals surface area contributed by atoms with Crippen LogP contribution in [0.5, 0.6) is 11.5 Å². The van der Waals surface area contributed by atoms with Gasteiger partial charge in [-0.15, -0.1) is 0 Å². The lowest BCUT2D eigenvalue weighted by Crippen LogP contribution is -2.48. The maximum atomic E-state index is 12.4. The Balaban J connectivity index is 1.30. The minimum Gasteiger partial charge on any atom is -0.454 e. The van der Waals surface area contributed by atoms with E-state index in [-0.39, 0.29) is 31.6 Å². The van der Waals surface area contributed by atoms with Crippen molar-refractivity contribution in [1.82, 2.24) is 10.2 Å². The quantitative estimate of drug-likeness (QED) is 0.771. The number of ether oxygens (including phenoxy) is 2. The Morgan fingerprint density at radius 2 is 2.14 bits per heavy atom. The SMILES string of the molecule is O=C(/C=C/c1ccc2c(c1)OCO2)NCCN1C(=O)N=C2N=CC=CC2C1=O. The van der Waals surface area contributed by atoms with Gasteiger partial charge in [0.15, 0.2) is 11.5 Å². The second kappa shape index (κ2) is 7.47. The average Bonchev–Trinajstić information content (AvgIpc) is 3.17. The number of imide groups is 1. The summed E-state index contributed by atoms with van der Waals surface area (Å²) in [4.78, 5) is 45.2. The van der Waals surface area contributed by atoms with E-state index in [9.17, 15) is 14.4 Å². The molecule has 0 fully saturated rings. The van der Waals surface area contributed by atoms with E-state index in [2.05, 4.69) is 15.3 Å². The number of benzene rings is 1. The highest BCUT2D eigenvalue weighted by Crippen LogP contribution is 2.32. The molecule has 4 amide bonds. The van der Waals surface area contributed by atoms with Gasteiger partial charge in [-0.1, -0.05) is 12.1 Å². The van der Waals surface area contributed by atoms with Crippen molar-refractivity contribution in [3.8, 4) is 11.5 Å². The summed E-state index contributed by atoms with van der Waals surface area (Å²) in [6.45, 7) is 0.337. The van der Waals surface area contributed by atoms with E-state index in [0.29, 0.717) is 11.5 Å². The first-order valence-electron chi connectivity index (χ1n) is 8.62. The Labute approximate surface area is 160 Å². The van der Waals surface area contributed by atoms with Crippen LogP contribution in [0.3, 0.4) is 0 Å². The number of urea groups is 1. The number of hydrogen-bond donors (Lipinski definition) is 1. The molecule has 0 saturated heterocycles. The first-order valence-corrected chi connectivity index (χ1v) is 8.62. The van der Waals surface area contributed by atoms with Gasteiger partial charge in [-0.05, 0) is 29.8 Å². The average molecular weight is 380 g/mol. The molecule has 0 radical (unpaired) electrons. The molecule has 9 heteroatoms. The summed E-state index contributed by atoms with van der Waals surface area (Å²) in [6.07, 6.45) is 7.76. The third-order valence-electron chi connectivity index (χ3n) is 4.31. The van der Waals surface area contributed by atoms with Crippen LogP contribution < -0.4 is 14.8 Å². The van der Waals surface area contributed by atoms with E-state index in [0.717, 1.165) is 10.5 Å². The first kappa shape index (κ1) is 17.7. The number of carbonyl (C=O) groups is 3. The van der Waals surface area contributed by atoms with Crippen molar-refractivity contribution in [2.24, 2.45) is 15.9 Å². The Kier molecular flexibility index (Phi) is 4.71. The number of amidine groups is 1. The van der Waals surface area contributed by atoms with Gasteiger partial charge < -0.3 is 14.8 Å². The Hall–Kier alpha value is -3.75. The second-order valence-electron chi connectivity index (χ2n) is 6.12. The van der Waals surface area contributed by atoms with Crippen LogP contribution in [-0.4, -0.2) is 54.7 Å². The Bertz CT molecular complexity index is 963. The lowest BCUT2D eigenvalue weighted by molar-refractivity contribution is -0.129. The molecular formula is C19H16N4O5. The summed E-state index contributed by atoms with van der Waals surface area (Å²) >= 11 is 0. The van der Waals surface area contributed by atoms with E-state index in [1.807, 2.05) is 0 Å². The van der Waals surface area contributed by atoms with E-state index < -0.39 is 17.9 Å². The lowest BCUT2D eigenvalue weighted by atomic mass is 10.0. The number of nitrogens with zero attached hydrogens (tertiary/aromatic N) is 3. The molecule has 1 aromatic rings. The highest BCUT2D eigenvalue weighted by molar-refractivity contribution is 6.19. The van der Waals surface area contributed by atoms with Gasteiger partial charge in [-0.25, -0.2) is 9.79 Å². The molecule has 3 aliphatic heterocycles. The number of nitrogens with one attached hydrogen (secondary N) is 1. The minimum absolute atomic E-state index is 0.0338. The summed E-state index contributed by atoms with van der Waals surface area (Å²) < 4.78 is 10.5. The van der Waals surface area contributed by atoms with Gasteiger partial charge in [0.05, 0.1) is 0 Å². The van der Waals surface area contributed by atoms with Crippen LogP contribution >= 0.6 is 0 Å². The number of rotatable bonds is 5. The van der Waals surface area contributed by atoms with Crippen molar-refractivity contribution in [2.75, 3.05) is 19.9 Å². The van der Waals surface area contributed by atoms with E-state index >= 15 is 0 Å². The van der Waals surface area contributed by atoms with Gasteiger partial charge in [-0.2, -0.15) is 4.99 Å². The third-order valence-corrected chi connectivity index (χ3v) is 4.31. The van der Waals surface area contributed by atoms with Gasteiger partial charge >= 0.3 is 6.03 Å². The molecule has 142 valence electrons. The molecule has 1 N–H and O–H groups in total. The lowest BCUT2D eigenvalue weighted by Gasteiger charge is -2.27. The zero-order chi connectivity index (χ0) is 19.5. The molecule has 0 bridgehead atoms. The van der Waals surface area contributed by atoms with Gasteiger partial charge in [0, 0.05) is 25.4 Å². The van der Waals surface area contributed by atoms with Crippen molar-refractivity contribution in [1.29, 1.82) is 0 Å². The van der Waals surface area contributed by atoms with Crippen LogP contribution in [0.15, 0.2) is 46.4 Å². The van der Waals surface area contributed by atoms with E-state index in [4.69, 9.17) is 9.47 Å².